The molecule has 0 saturated heterocycles. The molecule has 1 N–H and O–H groups in total. The number of benzene rings is 1. The van der Waals surface area contributed by atoms with Crippen molar-refractivity contribution in [3.63, 3.8) is 0 Å². The van der Waals surface area contributed by atoms with Crippen LogP contribution in [0.25, 0.3) is 0 Å². The maximum absolute atomic E-state index is 12.3. The first-order valence-corrected chi connectivity index (χ1v) is 8.22. The molecule has 0 spiro atoms. The molecule has 1 aromatic carbocycles. The van der Waals surface area contributed by atoms with Crippen LogP contribution in [0.5, 0.6) is 0 Å². The van der Waals surface area contributed by atoms with Crippen molar-refractivity contribution in [2.24, 2.45) is 5.92 Å². The fourth-order valence-corrected chi connectivity index (χ4v) is 2.83. The van der Waals surface area contributed by atoms with Gasteiger partial charge in [0.05, 0.1) is 11.1 Å². The van der Waals surface area contributed by atoms with Crippen LogP contribution < -0.4 is 5.32 Å². The number of anilines is 1. The zero-order valence-corrected chi connectivity index (χ0v) is 13.9. The summed E-state index contributed by atoms with van der Waals surface area (Å²) in [7, 11) is 0. The van der Waals surface area contributed by atoms with Gasteiger partial charge in [-0.3, -0.25) is 19.3 Å². The minimum atomic E-state index is -0.259. The molecule has 1 atom stereocenters. The van der Waals surface area contributed by atoms with E-state index in [1.165, 1.54) is 4.90 Å². The van der Waals surface area contributed by atoms with Crippen molar-refractivity contribution < 1.29 is 14.4 Å². The van der Waals surface area contributed by atoms with E-state index in [1.807, 2.05) is 6.92 Å². The van der Waals surface area contributed by atoms with Crippen molar-refractivity contribution in [1.29, 1.82) is 0 Å². The van der Waals surface area contributed by atoms with Gasteiger partial charge in [-0.1, -0.05) is 25.1 Å². The van der Waals surface area contributed by atoms with Crippen LogP contribution in [0.15, 0.2) is 48.7 Å². The monoisotopic (exact) mass is 337 g/mol. The van der Waals surface area contributed by atoms with Gasteiger partial charge in [0.1, 0.15) is 5.82 Å². The molecule has 1 unspecified atom stereocenters. The molecule has 2 aromatic rings. The number of carbonyl (C=O) groups excluding carboxylic acids is 3. The molecule has 3 amide bonds. The van der Waals surface area contributed by atoms with E-state index >= 15 is 0 Å². The number of carbonyl (C=O) groups is 3. The summed E-state index contributed by atoms with van der Waals surface area (Å²) in [6, 6.07) is 12.1. The van der Waals surface area contributed by atoms with E-state index in [0.717, 1.165) is 0 Å². The molecule has 0 saturated carbocycles. The fraction of sp³-hybridized carbons (Fsp3) is 0.263. The molecular formula is C19H19N3O3. The third kappa shape index (κ3) is 3.74. The molecule has 3 rings (SSSR count). The molecule has 1 aromatic heterocycles. The number of rotatable bonds is 6. The first-order valence-electron chi connectivity index (χ1n) is 8.22. The van der Waals surface area contributed by atoms with Crippen molar-refractivity contribution in [3.8, 4) is 0 Å². The van der Waals surface area contributed by atoms with Gasteiger partial charge in [0, 0.05) is 19.2 Å². The summed E-state index contributed by atoms with van der Waals surface area (Å²) in [6.07, 6.45) is 2.49. The average Bonchev–Trinajstić information content (AvgIpc) is 2.86. The fourth-order valence-electron chi connectivity index (χ4n) is 2.83. The van der Waals surface area contributed by atoms with Gasteiger partial charge >= 0.3 is 0 Å². The number of hydrogen-bond donors (Lipinski definition) is 1. The Labute approximate surface area is 145 Å². The second-order valence-electron chi connectivity index (χ2n) is 6.17. The Morgan fingerprint density at radius 1 is 1.08 bits per heavy atom. The standard InChI is InChI=1S/C19H19N3O3/c1-13(9-10-17(23)21-16-8-4-5-11-20-16)12-22-18(24)14-6-2-3-7-15(14)19(22)25/h2-8,11,13H,9-10,12H2,1H3,(H,20,21,23). The van der Waals surface area contributed by atoms with E-state index < -0.39 is 0 Å². The first-order chi connectivity index (χ1) is 12.1. The third-order valence-corrected chi connectivity index (χ3v) is 4.17. The number of amides is 3. The van der Waals surface area contributed by atoms with E-state index in [2.05, 4.69) is 10.3 Å². The summed E-state index contributed by atoms with van der Waals surface area (Å²) in [6.45, 7) is 2.24. The van der Waals surface area contributed by atoms with Crippen LogP contribution in [-0.2, 0) is 4.79 Å². The van der Waals surface area contributed by atoms with Gasteiger partial charge in [0.15, 0.2) is 0 Å². The van der Waals surface area contributed by atoms with E-state index in [-0.39, 0.29) is 23.6 Å². The van der Waals surface area contributed by atoms with Crippen molar-refractivity contribution in [2.45, 2.75) is 19.8 Å². The summed E-state index contributed by atoms with van der Waals surface area (Å²) in [4.78, 5) is 42.0. The molecule has 25 heavy (non-hydrogen) atoms. The third-order valence-electron chi connectivity index (χ3n) is 4.17. The van der Waals surface area contributed by atoms with Crippen LogP contribution in [0.3, 0.4) is 0 Å². The van der Waals surface area contributed by atoms with Gasteiger partial charge in [-0.2, -0.15) is 0 Å². The van der Waals surface area contributed by atoms with Crippen LogP contribution in [0.4, 0.5) is 5.82 Å². The van der Waals surface area contributed by atoms with Gasteiger partial charge < -0.3 is 5.32 Å². The summed E-state index contributed by atoms with van der Waals surface area (Å²) >= 11 is 0. The molecule has 0 bridgehead atoms. The van der Waals surface area contributed by atoms with E-state index in [1.54, 1.807) is 48.7 Å². The van der Waals surface area contributed by atoms with E-state index in [4.69, 9.17) is 0 Å². The number of nitrogens with one attached hydrogen (secondary N) is 1. The molecule has 6 nitrogen and oxygen atoms in total. The molecule has 0 radical (unpaired) electrons. The van der Waals surface area contributed by atoms with E-state index in [0.29, 0.717) is 36.3 Å². The number of imide groups is 1. The van der Waals surface area contributed by atoms with Gasteiger partial charge in [-0.15, -0.1) is 0 Å². The SMILES string of the molecule is CC(CCC(=O)Nc1ccccn1)CN1C(=O)c2ccccc2C1=O. The Kier molecular flexibility index (Phi) is 4.88. The average molecular weight is 337 g/mol. The number of fused-ring (bicyclic) bond motifs is 1. The Hall–Kier alpha value is -3.02. The smallest absolute Gasteiger partial charge is 0.261 e. The maximum atomic E-state index is 12.3. The summed E-state index contributed by atoms with van der Waals surface area (Å²) < 4.78 is 0. The molecule has 1 aliphatic rings. The second kappa shape index (κ2) is 7.25. The largest absolute Gasteiger partial charge is 0.311 e. The minimum Gasteiger partial charge on any atom is -0.311 e. The number of pyridine rings is 1. The van der Waals surface area contributed by atoms with Gasteiger partial charge in [-0.05, 0) is 36.6 Å². The molecular weight excluding hydrogens is 318 g/mol. The van der Waals surface area contributed by atoms with Gasteiger partial charge in [-0.25, -0.2) is 4.98 Å². The maximum Gasteiger partial charge on any atom is 0.261 e. The number of nitrogens with zero attached hydrogens (tertiary/aromatic N) is 2. The Bertz CT molecular complexity index is 770. The highest BCUT2D eigenvalue weighted by Crippen LogP contribution is 2.24. The predicted molar refractivity (Wildman–Crippen MR) is 93.1 cm³/mol. The summed E-state index contributed by atoms with van der Waals surface area (Å²) in [5, 5.41) is 2.73. The van der Waals surface area contributed by atoms with E-state index in [9.17, 15) is 14.4 Å². The lowest BCUT2D eigenvalue weighted by Gasteiger charge is -2.19. The van der Waals surface area contributed by atoms with Crippen molar-refractivity contribution >= 4 is 23.5 Å². The van der Waals surface area contributed by atoms with Crippen LogP contribution >= 0.6 is 0 Å². The summed E-state index contributed by atoms with van der Waals surface area (Å²) in [5.41, 5.74) is 0.903. The number of aromatic nitrogens is 1. The minimum absolute atomic E-state index is 0.0247. The predicted octanol–water partition coefficient (Wildman–Crippen LogP) is 2.73. The quantitative estimate of drug-likeness (QED) is 0.822. The molecule has 0 fully saturated rings. The van der Waals surface area contributed by atoms with Crippen LogP contribution in [0.2, 0.25) is 0 Å². The Morgan fingerprint density at radius 3 is 2.32 bits per heavy atom. The van der Waals surface area contributed by atoms with Gasteiger partial charge in [0.25, 0.3) is 11.8 Å². The van der Waals surface area contributed by atoms with Crippen molar-refractivity contribution in [1.82, 2.24) is 9.88 Å². The highest BCUT2D eigenvalue weighted by molar-refractivity contribution is 6.21. The zero-order chi connectivity index (χ0) is 17.8. The van der Waals surface area contributed by atoms with Crippen molar-refractivity contribution in [3.05, 3.63) is 59.8 Å². The van der Waals surface area contributed by atoms with Gasteiger partial charge in [0.2, 0.25) is 5.91 Å². The highest BCUT2D eigenvalue weighted by Gasteiger charge is 2.35. The molecule has 1 aliphatic heterocycles. The highest BCUT2D eigenvalue weighted by atomic mass is 16.2. The molecule has 2 heterocycles. The zero-order valence-electron chi connectivity index (χ0n) is 13.9. The Morgan fingerprint density at radius 2 is 1.72 bits per heavy atom. The van der Waals surface area contributed by atoms with Crippen LogP contribution in [-0.4, -0.2) is 34.2 Å². The lowest BCUT2D eigenvalue weighted by molar-refractivity contribution is -0.116. The first kappa shape index (κ1) is 16.8. The van der Waals surface area contributed by atoms with Crippen LogP contribution in [0, 0.1) is 5.92 Å². The molecule has 128 valence electrons. The molecule has 0 aliphatic carbocycles. The molecule has 6 heteroatoms. The lowest BCUT2D eigenvalue weighted by Crippen LogP contribution is -2.34. The Balaban J connectivity index is 1.52. The van der Waals surface area contributed by atoms with Crippen molar-refractivity contribution in [2.75, 3.05) is 11.9 Å². The van der Waals surface area contributed by atoms with Crippen LogP contribution in [0.1, 0.15) is 40.5 Å². The second-order valence-corrected chi connectivity index (χ2v) is 6.17. The summed E-state index contributed by atoms with van der Waals surface area (Å²) in [5.74, 6) is -0.110. The number of hydrogen-bond acceptors (Lipinski definition) is 4. The topological polar surface area (TPSA) is 79.4 Å². The lowest BCUT2D eigenvalue weighted by atomic mass is 10.0. The normalized spacial score (nSPS) is 14.4.